The standard InChI is InChI=1S/C31H38N6O5/c1-6-24(32)22-12-34-28(41-18-9-17(10-18)29(38)37-14-19(15-37)40-5)23-13-33-26(11-21(22)23)35-25-8-7-20-27(36-25)16(2)31(3,4)42-30(20)39/h7-8,11-13,16-19,24H,6,9-10,14-15,32H2,1-5H3,(H,33,35,36)/t16-,17?,18?,24-/m1/s1. The van der Waals surface area contributed by atoms with Gasteiger partial charge in [0.05, 0.1) is 22.7 Å². The average Bonchev–Trinajstić information content (AvgIpc) is 2.92. The van der Waals surface area contributed by atoms with Crippen molar-refractivity contribution in [3.05, 3.63) is 47.4 Å². The molecule has 3 aliphatic rings. The van der Waals surface area contributed by atoms with Crippen molar-refractivity contribution in [2.45, 2.75) is 76.7 Å². The molecule has 11 heteroatoms. The highest BCUT2D eigenvalue weighted by Crippen LogP contribution is 2.39. The van der Waals surface area contributed by atoms with Crippen LogP contribution in [0.2, 0.25) is 0 Å². The first kappa shape index (κ1) is 28.3. The molecule has 222 valence electrons. The van der Waals surface area contributed by atoms with Gasteiger partial charge in [-0.1, -0.05) is 13.8 Å². The van der Waals surface area contributed by atoms with Crippen molar-refractivity contribution in [3.63, 3.8) is 0 Å². The number of pyridine rings is 3. The molecule has 1 saturated heterocycles. The Morgan fingerprint density at radius 1 is 1.17 bits per heavy atom. The molecule has 3 aromatic heterocycles. The van der Waals surface area contributed by atoms with Gasteiger partial charge in [0.25, 0.3) is 0 Å². The number of nitrogens with one attached hydrogen (secondary N) is 1. The fourth-order valence-corrected chi connectivity index (χ4v) is 5.75. The van der Waals surface area contributed by atoms with Crippen LogP contribution in [0, 0.1) is 5.92 Å². The lowest BCUT2D eigenvalue weighted by Gasteiger charge is -2.43. The molecule has 3 aromatic rings. The van der Waals surface area contributed by atoms with Gasteiger partial charge in [0.2, 0.25) is 11.8 Å². The average molecular weight is 575 g/mol. The monoisotopic (exact) mass is 574 g/mol. The summed E-state index contributed by atoms with van der Waals surface area (Å²) in [6, 6.07) is 5.21. The molecule has 1 saturated carbocycles. The number of rotatable bonds is 8. The Bertz CT molecular complexity index is 1530. The highest BCUT2D eigenvalue weighted by molar-refractivity contribution is 5.93. The Labute approximate surface area is 245 Å². The van der Waals surface area contributed by atoms with Crippen molar-refractivity contribution in [1.82, 2.24) is 19.9 Å². The molecule has 1 aliphatic carbocycles. The lowest BCUT2D eigenvalue weighted by Crippen LogP contribution is -2.58. The lowest BCUT2D eigenvalue weighted by molar-refractivity contribution is -0.153. The topological polar surface area (TPSA) is 142 Å². The van der Waals surface area contributed by atoms with E-state index in [1.54, 1.807) is 31.6 Å². The fourth-order valence-electron chi connectivity index (χ4n) is 5.75. The highest BCUT2D eigenvalue weighted by atomic mass is 16.6. The maximum Gasteiger partial charge on any atom is 0.340 e. The smallest absolute Gasteiger partial charge is 0.340 e. The SMILES string of the molecule is CC[C@@H](N)c1cnc(OC2CC(C(=O)N3CC(OC)C3)C2)c2cnc(Nc3ccc4c(n3)[C@@H](C)C(C)(C)OC4=O)cc12. The molecule has 0 aromatic carbocycles. The van der Waals surface area contributed by atoms with Crippen LogP contribution in [0.4, 0.5) is 11.6 Å². The number of ether oxygens (including phenoxy) is 3. The minimum atomic E-state index is -0.652. The molecule has 42 heavy (non-hydrogen) atoms. The highest BCUT2D eigenvalue weighted by Gasteiger charge is 2.42. The summed E-state index contributed by atoms with van der Waals surface area (Å²) in [7, 11) is 1.68. The van der Waals surface area contributed by atoms with Crippen LogP contribution in [0.15, 0.2) is 30.6 Å². The Kier molecular flexibility index (Phi) is 7.26. The molecule has 1 amide bonds. The van der Waals surface area contributed by atoms with Crippen LogP contribution >= 0.6 is 0 Å². The van der Waals surface area contributed by atoms with Crippen LogP contribution in [0.25, 0.3) is 10.8 Å². The number of anilines is 2. The molecule has 0 unspecified atom stereocenters. The number of carbonyl (C=O) groups excluding carboxylic acids is 2. The Morgan fingerprint density at radius 3 is 2.64 bits per heavy atom. The van der Waals surface area contributed by atoms with Crippen LogP contribution in [0.3, 0.4) is 0 Å². The number of cyclic esters (lactones) is 1. The van der Waals surface area contributed by atoms with Crippen LogP contribution in [-0.4, -0.2) is 69.7 Å². The van der Waals surface area contributed by atoms with E-state index in [2.05, 4.69) is 15.3 Å². The zero-order valence-corrected chi connectivity index (χ0v) is 24.7. The van der Waals surface area contributed by atoms with Gasteiger partial charge in [0.1, 0.15) is 23.3 Å². The second kappa shape index (κ2) is 10.8. The molecule has 2 fully saturated rings. The van der Waals surface area contributed by atoms with Gasteiger partial charge in [-0.25, -0.2) is 19.7 Å². The van der Waals surface area contributed by atoms with E-state index in [0.717, 1.165) is 22.8 Å². The zero-order chi connectivity index (χ0) is 29.8. The largest absolute Gasteiger partial charge is 0.474 e. The predicted molar refractivity (Wildman–Crippen MR) is 157 cm³/mol. The summed E-state index contributed by atoms with van der Waals surface area (Å²) >= 11 is 0. The Balaban J connectivity index is 1.22. The van der Waals surface area contributed by atoms with Gasteiger partial charge in [-0.2, -0.15) is 0 Å². The van der Waals surface area contributed by atoms with Gasteiger partial charge in [-0.3, -0.25) is 4.79 Å². The van der Waals surface area contributed by atoms with Gasteiger partial charge >= 0.3 is 5.97 Å². The number of likely N-dealkylation sites (tertiary alicyclic amines) is 1. The predicted octanol–water partition coefficient (Wildman–Crippen LogP) is 4.25. The van der Waals surface area contributed by atoms with Crippen molar-refractivity contribution in [2.75, 3.05) is 25.5 Å². The second-order valence-corrected chi connectivity index (χ2v) is 12.1. The van der Waals surface area contributed by atoms with E-state index in [0.29, 0.717) is 54.7 Å². The van der Waals surface area contributed by atoms with E-state index in [4.69, 9.17) is 24.9 Å². The van der Waals surface area contributed by atoms with E-state index in [9.17, 15) is 9.59 Å². The molecule has 5 heterocycles. The molecule has 6 rings (SSSR count). The summed E-state index contributed by atoms with van der Waals surface area (Å²) in [5.41, 5.74) is 7.89. The van der Waals surface area contributed by atoms with Crippen molar-refractivity contribution in [2.24, 2.45) is 11.7 Å². The maximum absolute atomic E-state index is 12.7. The van der Waals surface area contributed by atoms with Gasteiger partial charge in [0, 0.05) is 50.5 Å². The first-order valence-electron chi connectivity index (χ1n) is 14.6. The Hall–Kier alpha value is -3.83. The van der Waals surface area contributed by atoms with E-state index < -0.39 is 5.60 Å². The molecule has 2 atom stereocenters. The first-order valence-corrected chi connectivity index (χ1v) is 14.6. The van der Waals surface area contributed by atoms with E-state index >= 15 is 0 Å². The summed E-state index contributed by atoms with van der Waals surface area (Å²) in [5, 5.41) is 4.95. The summed E-state index contributed by atoms with van der Waals surface area (Å²) in [6.45, 7) is 9.14. The number of aromatic nitrogens is 3. The van der Waals surface area contributed by atoms with Gasteiger partial charge < -0.3 is 30.2 Å². The number of fused-ring (bicyclic) bond motifs is 2. The number of amides is 1. The molecule has 0 spiro atoms. The molecule has 0 bridgehead atoms. The van der Waals surface area contributed by atoms with Gasteiger partial charge in [0.15, 0.2) is 0 Å². The van der Waals surface area contributed by atoms with Crippen LogP contribution in [0.1, 0.15) is 80.5 Å². The zero-order valence-electron chi connectivity index (χ0n) is 24.7. The third kappa shape index (κ3) is 5.05. The van der Waals surface area contributed by atoms with E-state index in [1.165, 1.54) is 0 Å². The van der Waals surface area contributed by atoms with Crippen LogP contribution in [0.5, 0.6) is 5.88 Å². The minimum absolute atomic E-state index is 0.0277. The Morgan fingerprint density at radius 2 is 1.93 bits per heavy atom. The van der Waals surface area contributed by atoms with Crippen molar-refractivity contribution < 1.29 is 23.8 Å². The number of esters is 1. The molecule has 3 N–H and O–H groups in total. The molecular formula is C31H38N6O5. The van der Waals surface area contributed by atoms with E-state index in [-0.39, 0.29) is 42.0 Å². The number of hydrogen-bond donors (Lipinski definition) is 2. The molecule has 11 nitrogen and oxygen atoms in total. The number of nitrogens with zero attached hydrogens (tertiary/aromatic N) is 4. The normalized spacial score (nSPS) is 23.8. The number of carbonyl (C=O) groups is 2. The van der Waals surface area contributed by atoms with Crippen molar-refractivity contribution in [1.29, 1.82) is 0 Å². The maximum atomic E-state index is 12.7. The number of nitrogens with two attached hydrogens (primary N) is 1. The number of hydrogen-bond acceptors (Lipinski definition) is 10. The first-order chi connectivity index (χ1) is 20.1. The molecule has 0 radical (unpaired) electrons. The summed E-state index contributed by atoms with van der Waals surface area (Å²) in [5.74, 6) is 1.35. The van der Waals surface area contributed by atoms with Gasteiger partial charge in [-0.05, 0) is 62.3 Å². The second-order valence-electron chi connectivity index (χ2n) is 12.1. The summed E-state index contributed by atoms with van der Waals surface area (Å²) in [4.78, 5) is 41.1. The minimum Gasteiger partial charge on any atom is -0.474 e. The third-order valence-electron chi connectivity index (χ3n) is 9.03. The quantitative estimate of drug-likeness (QED) is 0.375. The lowest BCUT2D eigenvalue weighted by atomic mass is 9.80. The molecule has 2 aliphatic heterocycles. The summed E-state index contributed by atoms with van der Waals surface area (Å²) in [6.07, 6.45) is 5.63. The van der Waals surface area contributed by atoms with Crippen LogP contribution in [-0.2, 0) is 14.3 Å². The van der Waals surface area contributed by atoms with Crippen molar-refractivity contribution >= 4 is 34.3 Å². The van der Waals surface area contributed by atoms with Crippen molar-refractivity contribution in [3.8, 4) is 5.88 Å². The van der Waals surface area contributed by atoms with Crippen LogP contribution < -0.4 is 15.8 Å². The summed E-state index contributed by atoms with van der Waals surface area (Å²) < 4.78 is 17.2. The van der Waals surface area contributed by atoms with E-state index in [1.807, 2.05) is 38.7 Å². The number of methoxy groups -OCH3 is 1. The third-order valence-corrected chi connectivity index (χ3v) is 9.03. The molecular weight excluding hydrogens is 536 g/mol. The van der Waals surface area contributed by atoms with Gasteiger partial charge in [-0.15, -0.1) is 0 Å². The fraction of sp³-hybridized carbons (Fsp3) is 0.516.